The van der Waals surface area contributed by atoms with Gasteiger partial charge in [-0.15, -0.1) is 11.8 Å². The van der Waals surface area contributed by atoms with Gasteiger partial charge in [0.1, 0.15) is 6.54 Å². The van der Waals surface area contributed by atoms with Crippen molar-refractivity contribution in [2.45, 2.75) is 51.0 Å². The molecule has 0 unspecified atom stereocenters. The number of carbonyl (C=O) groups excluding carboxylic acids is 2. The van der Waals surface area contributed by atoms with Gasteiger partial charge in [0.25, 0.3) is 0 Å². The van der Waals surface area contributed by atoms with Crippen molar-refractivity contribution < 1.29 is 9.59 Å². The Morgan fingerprint density at radius 1 is 1.30 bits per heavy atom. The average Bonchev–Trinajstić information content (AvgIpc) is 2.54. The summed E-state index contributed by atoms with van der Waals surface area (Å²) in [6.07, 6.45) is 3.27. The Labute approximate surface area is 143 Å². The first-order valence-electron chi connectivity index (χ1n) is 8.36. The summed E-state index contributed by atoms with van der Waals surface area (Å²) in [5, 5.41) is 0. The molecule has 0 fully saturated rings. The van der Waals surface area contributed by atoms with Gasteiger partial charge in [-0.25, -0.2) is 0 Å². The number of hydrogen-bond acceptors (Lipinski definition) is 3. The van der Waals surface area contributed by atoms with Crippen LogP contribution < -0.4 is 4.90 Å². The minimum atomic E-state index is 0.0133. The lowest BCUT2D eigenvalue weighted by molar-refractivity contribution is -0.132. The number of thioether (sulfide) groups is 1. The molecule has 23 heavy (non-hydrogen) atoms. The lowest BCUT2D eigenvalue weighted by Gasteiger charge is -2.32. The molecule has 0 saturated heterocycles. The summed E-state index contributed by atoms with van der Waals surface area (Å²) < 4.78 is 0. The zero-order chi connectivity index (χ0) is 16.8. The maximum Gasteiger partial charge on any atom is 0.242 e. The van der Waals surface area contributed by atoms with Crippen molar-refractivity contribution in [2.24, 2.45) is 0 Å². The number of benzene rings is 1. The molecule has 1 heterocycles. The molecule has 0 spiro atoms. The first kappa shape index (κ1) is 17.9. The van der Waals surface area contributed by atoms with Crippen LogP contribution >= 0.6 is 11.8 Å². The lowest BCUT2D eigenvalue weighted by atomic mass is 10.2. The van der Waals surface area contributed by atoms with Crippen LogP contribution in [0.3, 0.4) is 0 Å². The Balaban J connectivity index is 2.10. The third-order valence-corrected chi connectivity index (χ3v) is 5.10. The molecular weight excluding hydrogens is 308 g/mol. The van der Waals surface area contributed by atoms with Crippen molar-refractivity contribution >= 4 is 29.3 Å². The van der Waals surface area contributed by atoms with E-state index in [4.69, 9.17) is 0 Å². The Bertz CT molecular complexity index is 560. The number of nitrogens with zero attached hydrogens (tertiary/aromatic N) is 2. The molecule has 0 radical (unpaired) electrons. The van der Waals surface area contributed by atoms with Crippen molar-refractivity contribution in [1.29, 1.82) is 0 Å². The Morgan fingerprint density at radius 3 is 2.74 bits per heavy atom. The SMILES string of the molecule is CCCCCN(C(=O)CN1C(=O)CSc2ccccc21)C(C)C. The molecule has 0 bridgehead atoms. The van der Waals surface area contributed by atoms with Crippen LogP contribution in [-0.4, -0.2) is 41.6 Å². The molecule has 1 aliphatic heterocycles. The summed E-state index contributed by atoms with van der Waals surface area (Å²) in [5.74, 6) is 0.451. The van der Waals surface area contributed by atoms with Crippen LogP contribution in [-0.2, 0) is 9.59 Å². The lowest BCUT2D eigenvalue weighted by Crippen LogP contribution is -2.47. The van der Waals surface area contributed by atoms with Crippen molar-refractivity contribution in [3.05, 3.63) is 24.3 Å². The highest BCUT2D eigenvalue weighted by molar-refractivity contribution is 8.00. The fraction of sp³-hybridized carbons (Fsp3) is 0.556. The molecule has 1 aromatic carbocycles. The van der Waals surface area contributed by atoms with E-state index in [0.717, 1.165) is 36.4 Å². The minimum absolute atomic E-state index is 0.0133. The molecule has 0 aromatic heterocycles. The van der Waals surface area contributed by atoms with Crippen molar-refractivity contribution in [3.63, 3.8) is 0 Å². The van der Waals surface area contributed by atoms with Crippen molar-refractivity contribution in [3.8, 4) is 0 Å². The number of anilines is 1. The predicted molar refractivity (Wildman–Crippen MR) is 95.9 cm³/mol. The number of para-hydroxylation sites is 1. The Hall–Kier alpha value is -1.49. The minimum Gasteiger partial charge on any atom is -0.339 e. The molecule has 2 rings (SSSR count). The van der Waals surface area contributed by atoms with Crippen LogP contribution in [0.4, 0.5) is 5.69 Å². The summed E-state index contributed by atoms with van der Waals surface area (Å²) in [6, 6.07) is 7.96. The van der Waals surface area contributed by atoms with Gasteiger partial charge < -0.3 is 9.80 Å². The molecule has 126 valence electrons. The van der Waals surface area contributed by atoms with Crippen LogP contribution in [0.2, 0.25) is 0 Å². The summed E-state index contributed by atoms with van der Waals surface area (Å²) in [4.78, 5) is 29.6. The largest absolute Gasteiger partial charge is 0.339 e. The number of fused-ring (bicyclic) bond motifs is 1. The van der Waals surface area contributed by atoms with Crippen molar-refractivity contribution in [2.75, 3.05) is 23.7 Å². The molecular formula is C18H26N2O2S. The van der Waals surface area contributed by atoms with Crippen LogP contribution in [0.25, 0.3) is 0 Å². The molecule has 0 atom stereocenters. The third-order valence-electron chi connectivity index (χ3n) is 4.05. The zero-order valence-corrected chi connectivity index (χ0v) is 15.1. The van der Waals surface area contributed by atoms with E-state index in [-0.39, 0.29) is 24.4 Å². The number of hydrogen-bond donors (Lipinski definition) is 0. The second kappa shape index (κ2) is 8.39. The van der Waals surface area contributed by atoms with E-state index in [1.165, 1.54) is 0 Å². The molecule has 1 aliphatic rings. The third kappa shape index (κ3) is 4.50. The van der Waals surface area contributed by atoms with E-state index < -0.39 is 0 Å². The van der Waals surface area contributed by atoms with Crippen LogP contribution in [0, 0.1) is 0 Å². The molecule has 0 saturated carbocycles. The predicted octanol–water partition coefficient (Wildman–Crippen LogP) is 3.55. The van der Waals surface area contributed by atoms with Crippen LogP contribution in [0.5, 0.6) is 0 Å². The van der Waals surface area contributed by atoms with Crippen molar-refractivity contribution in [1.82, 2.24) is 4.90 Å². The monoisotopic (exact) mass is 334 g/mol. The number of amides is 2. The second-order valence-electron chi connectivity index (χ2n) is 6.12. The van der Waals surface area contributed by atoms with Gasteiger partial charge >= 0.3 is 0 Å². The van der Waals surface area contributed by atoms with E-state index in [1.807, 2.05) is 43.0 Å². The van der Waals surface area contributed by atoms with E-state index in [9.17, 15) is 9.59 Å². The van der Waals surface area contributed by atoms with Crippen LogP contribution in [0.1, 0.15) is 40.0 Å². The zero-order valence-electron chi connectivity index (χ0n) is 14.2. The van der Waals surface area contributed by atoms with E-state index in [2.05, 4.69) is 6.92 Å². The topological polar surface area (TPSA) is 40.6 Å². The Morgan fingerprint density at radius 2 is 2.04 bits per heavy atom. The summed E-state index contributed by atoms with van der Waals surface area (Å²) in [7, 11) is 0. The molecule has 2 amide bonds. The average molecular weight is 334 g/mol. The normalized spacial score (nSPS) is 14.1. The maximum absolute atomic E-state index is 12.7. The smallest absolute Gasteiger partial charge is 0.242 e. The Kier molecular flexibility index (Phi) is 6.51. The summed E-state index contributed by atoms with van der Waals surface area (Å²) in [6.45, 7) is 7.13. The molecule has 4 nitrogen and oxygen atoms in total. The van der Waals surface area contributed by atoms with E-state index >= 15 is 0 Å². The van der Waals surface area contributed by atoms with Gasteiger partial charge in [-0.2, -0.15) is 0 Å². The summed E-state index contributed by atoms with van der Waals surface area (Å²) in [5.41, 5.74) is 0.861. The summed E-state index contributed by atoms with van der Waals surface area (Å²) >= 11 is 1.54. The van der Waals surface area contributed by atoms with Gasteiger partial charge in [0.15, 0.2) is 0 Å². The van der Waals surface area contributed by atoms with E-state index in [1.54, 1.807) is 16.7 Å². The van der Waals surface area contributed by atoms with Gasteiger partial charge in [0, 0.05) is 17.5 Å². The van der Waals surface area contributed by atoms with Gasteiger partial charge in [0.05, 0.1) is 11.4 Å². The van der Waals surface area contributed by atoms with Crippen LogP contribution in [0.15, 0.2) is 29.2 Å². The first-order valence-corrected chi connectivity index (χ1v) is 9.34. The van der Waals surface area contributed by atoms with Gasteiger partial charge in [-0.3, -0.25) is 9.59 Å². The maximum atomic E-state index is 12.7. The molecule has 5 heteroatoms. The fourth-order valence-corrected chi connectivity index (χ4v) is 3.69. The van der Waals surface area contributed by atoms with Gasteiger partial charge in [-0.05, 0) is 32.4 Å². The van der Waals surface area contributed by atoms with Gasteiger partial charge in [-0.1, -0.05) is 31.9 Å². The standard InChI is InChI=1S/C18H26N2O2S/c1-4-5-8-11-19(14(2)3)17(21)12-20-15-9-6-7-10-16(15)23-13-18(20)22/h6-7,9-10,14H,4-5,8,11-13H2,1-3H3. The number of rotatable bonds is 7. The van der Waals surface area contributed by atoms with E-state index in [0.29, 0.717) is 5.75 Å². The van der Waals surface area contributed by atoms with Gasteiger partial charge in [0.2, 0.25) is 11.8 Å². The molecule has 0 aliphatic carbocycles. The molecule has 0 N–H and O–H groups in total. The highest BCUT2D eigenvalue weighted by atomic mass is 32.2. The highest BCUT2D eigenvalue weighted by Gasteiger charge is 2.28. The highest BCUT2D eigenvalue weighted by Crippen LogP contribution is 2.34. The first-order chi connectivity index (χ1) is 11.0. The fourth-order valence-electron chi connectivity index (χ4n) is 2.76. The molecule has 1 aromatic rings. The quantitative estimate of drug-likeness (QED) is 0.716. The second-order valence-corrected chi connectivity index (χ2v) is 7.14. The number of carbonyl (C=O) groups is 2. The number of unbranched alkanes of at least 4 members (excludes halogenated alkanes) is 2.